The molecule has 1 heterocycles. The number of hydrogen-bond acceptors (Lipinski definition) is 1. The standard InChI is InChI=1S/C22H29NSi/c1-22(2,3)24(19-10-6-4-7-11-19,20-12-8-5-9-13-20)21-15-18-14-17(21)16-23-18/h4-13,17-18,21,23H,14-16H2,1-3H3/t17-,18-,21?/m0/s1. The van der Waals surface area contributed by atoms with Crippen LogP contribution in [0.3, 0.4) is 0 Å². The third kappa shape index (κ3) is 2.31. The summed E-state index contributed by atoms with van der Waals surface area (Å²) in [6.45, 7) is 8.72. The average molecular weight is 336 g/mol. The maximum Gasteiger partial charge on any atom is 0.126 e. The Hall–Kier alpha value is -1.38. The fraction of sp³-hybridized carbons (Fsp3) is 0.455. The van der Waals surface area contributed by atoms with Gasteiger partial charge in [-0.1, -0.05) is 91.8 Å². The number of nitrogens with one attached hydrogen (secondary N) is 1. The molecule has 1 saturated carbocycles. The molecule has 3 atom stereocenters. The predicted molar refractivity (Wildman–Crippen MR) is 106 cm³/mol. The van der Waals surface area contributed by atoms with E-state index in [0.717, 1.165) is 17.5 Å². The van der Waals surface area contributed by atoms with E-state index in [-0.39, 0.29) is 0 Å². The van der Waals surface area contributed by atoms with E-state index in [1.807, 2.05) is 0 Å². The number of fused-ring (bicyclic) bond motifs is 2. The third-order valence-corrected chi connectivity index (χ3v) is 13.2. The van der Waals surface area contributed by atoms with E-state index in [4.69, 9.17) is 0 Å². The minimum absolute atomic E-state index is 0.296. The molecule has 2 aromatic rings. The molecule has 126 valence electrons. The van der Waals surface area contributed by atoms with Crippen molar-refractivity contribution >= 4 is 18.4 Å². The lowest BCUT2D eigenvalue weighted by molar-refractivity contribution is 0.483. The number of piperidine rings is 1. The van der Waals surface area contributed by atoms with E-state index in [1.54, 1.807) is 10.4 Å². The zero-order valence-electron chi connectivity index (χ0n) is 15.1. The molecule has 0 radical (unpaired) electrons. The van der Waals surface area contributed by atoms with Gasteiger partial charge in [0.05, 0.1) is 0 Å². The zero-order chi connectivity index (χ0) is 16.8. The van der Waals surface area contributed by atoms with E-state index < -0.39 is 8.07 Å². The highest BCUT2D eigenvalue weighted by atomic mass is 28.3. The molecule has 2 aromatic carbocycles. The lowest BCUT2D eigenvalue weighted by Gasteiger charge is -2.51. The Bertz CT molecular complexity index is 649. The van der Waals surface area contributed by atoms with Gasteiger partial charge in [-0.15, -0.1) is 0 Å². The Morgan fingerprint density at radius 2 is 1.38 bits per heavy atom. The second-order valence-electron chi connectivity index (χ2n) is 8.73. The van der Waals surface area contributed by atoms with E-state index in [2.05, 4.69) is 86.8 Å². The van der Waals surface area contributed by atoms with Crippen molar-refractivity contribution in [3.63, 3.8) is 0 Å². The first-order chi connectivity index (χ1) is 11.5. The molecule has 4 rings (SSSR count). The van der Waals surface area contributed by atoms with Gasteiger partial charge in [0.15, 0.2) is 0 Å². The van der Waals surface area contributed by atoms with Gasteiger partial charge in [-0.2, -0.15) is 0 Å². The van der Waals surface area contributed by atoms with Crippen LogP contribution in [0.25, 0.3) is 0 Å². The Morgan fingerprint density at radius 1 is 0.833 bits per heavy atom. The van der Waals surface area contributed by atoms with Gasteiger partial charge in [0.1, 0.15) is 8.07 Å². The minimum atomic E-state index is -1.91. The molecule has 0 spiro atoms. The van der Waals surface area contributed by atoms with Crippen LogP contribution in [0.5, 0.6) is 0 Å². The normalized spacial score (nSPS) is 26.7. The first kappa shape index (κ1) is 16.1. The number of hydrogen-bond donors (Lipinski definition) is 1. The second kappa shape index (κ2) is 5.85. The third-order valence-electron chi connectivity index (χ3n) is 6.56. The molecule has 0 amide bonds. The summed E-state index contributed by atoms with van der Waals surface area (Å²) in [5, 5.41) is 7.28. The summed E-state index contributed by atoms with van der Waals surface area (Å²) in [5.74, 6) is 0.848. The van der Waals surface area contributed by atoms with Crippen LogP contribution in [-0.2, 0) is 0 Å². The number of benzene rings is 2. The Morgan fingerprint density at radius 3 is 1.75 bits per heavy atom. The van der Waals surface area contributed by atoms with Crippen LogP contribution in [0, 0.1) is 5.92 Å². The second-order valence-corrected chi connectivity index (χ2v) is 13.7. The van der Waals surface area contributed by atoms with Crippen molar-refractivity contribution in [2.24, 2.45) is 5.92 Å². The minimum Gasteiger partial charge on any atom is -0.314 e. The highest BCUT2D eigenvalue weighted by Gasteiger charge is 2.58. The van der Waals surface area contributed by atoms with Gasteiger partial charge in [-0.3, -0.25) is 0 Å². The van der Waals surface area contributed by atoms with Crippen molar-refractivity contribution in [3.05, 3.63) is 60.7 Å². The molecule has 1 N–H and O–H groups in total. The Kier molecular flexibility index (Phi) is 3.93. The molecule has 2 aliphatic rings. The van der Waals surface area contributed by atoms with Crippen molar-refractivity contribution in [1.82, 2.24) is 5.32 Å². The first-order valence-electron chi connectivity index (χ1n) is 9.38. The summed E-state index contributed by atoms with van der Waals surface area (Å²) in [5.41, 5.74) is 0.841. The summed E-state index contributed by atoms with van der Waals surface area (Å²) in [4.78, 5) is 0. The van der Waals surface area contributed by atoms with Crippen molar-refractivity contribution in [2.45, 2.75) is 50.2 Å². The van der Waals surface area contributed by atoms with E-state index >= 15 is 0 Å². The lowest BCUT2D eigenvalue weighted by atomic mass is 10.1. The quantitative estimate of drug-likeness (QED) is 0.841. The van der Waals surface area contributed by atoms with Gasteiger partial charge < -0.3 is 5.32 Å². The van der Waals surface area contributed by atoms with E-state index in [1.165, 1.54) is 19.4 Å². The highest BCUT2D eigenvalue weighted by Crippen LogP contribution is 2.54. The molecule has 0 aromatic heterocycles. The zero-order valence-corrected chi connectivity index (χ0v) is 16.1. The SMILES string of the molecule is CC(C)(C)[Si](c1ccccc1)(c1ccccc1)C1C[C@@H]2C[C@H]1CN2. The summed E-state index contributed by atoms with van der Waals surface area (Å²) in [6.07, 6.45) is 2.74. The van der Waals surface area contributed by atoms with Gasteiger partial charge in [0.2, 0.25) is 0 Å². The number of rotatable bonds is 3. The van der Waals surface area contributed by atoms with Crippen LogP contribution >= 0.6 is 0 Å². The Balaban J connectivity index is 1.97. The molecule has 2 heteroatoms. The van der Waals surface area contributed by atoms with Gasteiger partial charge in [0.25, 0.3) is 0 Å². The van der Waals surface area contributed by atoms with Crippen molar-refractivity contribution in [2.75, 3.05) is 6.54 Å². The fourth-order valence-corrected chi connectivity index (χ4v) is 12.9. The summed E-state index contributed by atoms with van der Waals surface area (Å²) >= 11 is 0. The highest BCUT2D eigenvalue weighted by molar-refractivity contribution is 7.05. The van der Waals surface area contributed by atoms with E-state index in [0.29, 0.717) is 5.04 Å². The topological polar surface area (TPSA) is 12.0 Å². The first-order valence-corrected chi connectivity index (χ1v) is 11.5. The average Bonchev–Trinajstić information content (AvgIpc) is 3.20. The van der Waals surface area contributed by atoms with Crippen LogP contribution in [0.15, 0.2) is 60.7 Å². The van der Waals surface area contributed by atoms with Crippen molar-refractivity contribution in [3.8, 4) is 0 Å². The molecular weight excluding hydrogens is 306 g/mol. The lowest BCUT2D eigenvalue weighted by Crippen LogP contribution is -2.68. The summed E-state index contributed by atoms with van der Waals surface area (Å²) < 4.78 is 0. The molecule has 1 aliphatic carbocycles. The van der Waals surface area contributed by atoms with Crippen LogP contribution in [-0.4, -0.2) is 20.7 Å². The van der Waals surface area contributed by atoms with Gasteiger partial charge in [-0.25, -0.2) is 0 Å². The largest absolute Gasteiger partial charge is 0.314 e. The molecule has 1 saturated heterocycles. The Labute approximate surface area is 147 Å². The van der Waals surface area contributed by atoms with Gasteiger partial charge in [0, 0.05) is 6.04 Å². The predicted octanol–water partition coefficient (Wildman–Crippen LogP) is 3.80. The summed E-state index contributed by atoms with van der Waals surface area (Å²) in [7, 11) is -1.91. The van der Waals surface area contributed by atoms with Crippen molar-refractivity contribution < 1.29 is 0 Å². The van der Waals surface area contributed by atoms with Gasteiger partial charge >= 0.3 is 0 Å². The van der Waals surface area contributed by atoms with Crippen LogP contribution in [0.4, 0.5) is 0 Å². The molecule has 2 bridgehead atoms. The maximum absolute atomic E-state index is 3.73. The van der Waals surface area contributed by atoms with Crippen molar-refractivity contribution in [1.29, 1.82) is 0 Å². The van der Waals surface area contributed by atoms with Crippen LogP contribution in [0.1, 0.15) is 33.6 Å². The van der Waals surface area contributed by atoms with E-state index in [9.17, 15) is 0 Å². The molecule has 1 unspecified atom stereocenters. The monoisotopic (exact) mass is 335 g/mol. The van der Waals surface area contributed by atoms with Crippen LogP contribution < -0.4 is 15.7 Å². The molecule has 1 nitrogen and oxygen atoms in total. The van der Waals surface area contributed by atoms with Crippen LogP contribution in [0.2, 0.25) is 10.6 Å². The fourth-order valence-electron chi connectivity index (χ4n) is 5.78. The molecule has 1 aliphatic heterocycles. The molecular formula is C22H29NSi. The summed E-state index contributed by atoms with van der Waals surface area (Å²) in [6, 6.07) is 23.8. The smallest absolute Gasteiger partial charge is 0.126 e. The molecule has 2 fully saturated rings. The van der Waals surface area contributed by atoms with Gasteiger partial charge in [-0.05, 0) is 35.9 Å². The molecule has 24 heavy (non-hydrogen) atoms. The maximum atomic E-state index is 3.73.